The molecule has 4 nitrogen and oxygen atoms in total. The van der Waals surface area contributed by atoms with Crippen LogP contribution >= 0.6 is 38.9 Å². The summed E-state index contributed by atoms with van der Waals surface area (Å²) in [6.45, 7) is 0.138. The van der Waals surface area contributed by atoms with Crippen LogP contribution in [0.25, 0.3) is 0 Å². The molecule has 0 aliphatic carbocycles. The van der Waals surface area contributed by atoms with Crippen LogP contribution in [0.3, 0.4) is 0 Å². The summed E-state index contributed by atoms with van der Waals surface area (Å²) in [6, 6.07) is 2.85. The van der Waals surface area contributed by atoms with Gasteiger partial charge in [0.15, 0.2) is 5.82 Å². The number of hydrogen-bond acceptors (Lipinski definition) is 4. The van der Waals surface area contributed by atoms with E-state index >= 15 is 0 Å². The molecule has 2 N–H and O–H groups in total. The number of nitrogen functional groups attached to an aromatic ring is 1. The molecule has 9 heteroatoms. The molecule has 1 aromatic carbocycles. The minimum Gasteiger partial charge on any atom is -0.395 e. The van der Waals surface area contributed by atoms with Crippen LogP contribution in [0.4, 0.5) is 10.1 Å². The van der Waals surface area contributed by atoms with Crippen molar-refractivity contribution in [3.8, 4) is 0 Å². The average Bonchev–Trinajstić information content (AvgIpc) is 2.93. The van der Waals surface area contributed by atoms with Crippen LogP contribution in [-0.2, 0) is 16.6 Å². The van der Waals surface area contributed by atoms with E-state index in [2.05, 4.69) is 15.9 Å². The van der Waals surface area contributed by atoms with Crippen LogP contribution in [0.5, 0.6) is 0 Å². The number of nitrogens with two attached hydrogens (primary N) is 1. The third-order valence-corrected chi connectivity index (χ3v) is 6.75. The number of benzene rings is 1. The highest BCUT2D eigenvalue weighted by atomic mass is 79.9. The number of hydrogen-bond donors (Lipinski definition) is 1. The van der Waals surface area contributed by atoms with E-state index in [9.17, 15) is 12.8 Å². The first-order chi connectivity index (χ1) is 9.75. The fraction of sp³-hybridized carbons (Fsp3) is 0.167. The Morgan fingerprint density at radius 2 is 2.19 bits per heavy atom. The van der Waals surface area contributed by atoms with Crippen molar-refractivity contribution in [2.75, 3.05) is 12.8 Å². The van der Waals surface area contributed by atoms with E-state index in [0.29, 0.717) is 0 Å². The molecule has 114 valence electrons. The highest BCUT2D eigenvalue weighted by Gasteiger charge is 2.28. The summed E-state index contributed by atoms with van der Waals surface area (Å²) in [5.41, 5.74) is 6.02. The second-order valence-electron chi connectivity index (χ2n) is 4.29. The van der Waals surface area contributed by atoms with Gasteiger partial charge in [-0.05, 0) is 44.4 Å². The van der Waals surface area contributed by atoms with Crippen LogP contribution in [-0.4, -0.2) is 19.8 Å². The van der Waals surface area contributed by atoms with E-state index in [1.54, 1.807) is 6.07 Å². The maximum atomic E-state index is 14.2. The van der Waals surface area contributed by atoms with Crippen molar-refractivity contribution in [3.05, 3.63) is 43.8 Å². The Morgan fingerprint density at radius 1 is 1.52 bits per heavy atom. The first-order valence-corrected chi connectivity index (χ1v) is 9.21. The molecule has 0 aliphatic rings. The Labute approximate surface area is 139 Å². The van der Waals surface area contributed by atoms with Gasteiger partial charge in [-0.3, -0.25) is 0 Å². The zero-order valence-electron chi connectivity index (χ0n) is 10.8. The highest BCUT2D eigenvalue weighted by molar-refractivity contribution is 9.10. The van der Waals surface area contributed by atoms with Gasteiger partial charge < -0.3 is 5.73 Å². The fourth-order valence-corrected chi connectivity index (χ4v) is 4.16. The number of rotatable bonds is 4. The number of anilines is 1. The Bertz CT molecular complexity index is 766. The Morgan fingerprint density at radius 3 is 2.76 bits per heavy atom. The Kier molecular flexibility index (Phi) is 4.94. The van der Waals surface area contributed by atoms with E-state index in [1.807, 2.05) is 10.8 Å². The quantitative estimate of drug-likeness (QED) is 0.614. The number of halogens is 3. The van der Waals surface area contributed by atoms with Crippen molar-refractivity contribution in [1.82, 2.24) is 4.31 Å². The first-order valence-electron chi connectivity index (χ1n) is 5.65. The van der Waals surface area contributed by atoms with E-state index in [-0.39, 0.29) is 21.7 Å². The lowest BCUT2D eigenvalue weighted by Gasteiger charge is -2.18. The van der Waals surface area contributed by atoms with Crippen molar-refractivity contribution < 1.29 is 12.8 Å². The summed E-state index contributed by atoms with van der Waals surface area (Å²) in [7, 11) is -2.66. The summed E-state index contributed by atoms with van der Waals surface area (Å²) in [6.07, 6.45) is 0. The third kappa shape index (κ3) is 3.24. The normalized spacial score (nSPS) is 12.0. The lowest BCUT2D eigenvalue weighted by molar-refractivity contribution is 0.460. The average molecular weight is 414 g/mol. The molecule has 0 saturated heterocycles. The van der Waals surface area contributed by atoms with Crippen molar-refractivity contribution in [2.45, 2.75) is 11.4 Å². The monoisotopic (exact) mass is 412 g/mol. The van der Waals surface area contributed by atoms with Gasteiger partial charge in [-0.25, -0.2) is 12.8 Å². The maximum Gasteiger partial charge on any atom is 0.246 e. The lowest BCUT2D eigenvalue weighted by atomic mass is 10.3. The molecule has 0 spiro atoms. The summed E-state index contributed by atoms with van der Waals surface area (Å²) in [5, 5.41) is 3.70. The van der Waals surface area contributed by atoms with Crippen LogP contribution in [0.2, 0.25) is 5.02 Å². The van der Waals surface area contributed by atoms with Gasteiger partial charge in [0.05, 0.1) is 15.2 Å². The van der Waals surface area contributed by atoms with Gasteiger partial charge >= 0.3 is 0 Å². The van der Waals surface area contributed by atoms with Crippen LogP contribution in [0.1, 0.15) is 5.56 Å². The standard InChI is InChI=1S/C12H11BrClFN2O2S2/c1-17(5-7-2-3-20-6-7)21(18,19)9-4-8(14)10(13)12(16)11(9)15/h2-4,6H,5,16H2,1H3. The molecule has 2 aromatic rings. The number of sulfonamides is 1. The van der Waals surface area contributed by atoms with Crippen molar-refractivity contribution >= 4 is 54.6 Å². The molecule has 0 radical (unpaired) electrons. The second kappa shape index (κ2) is 6.21. The van der Waals surface area contributed by atoms with Crippen LogP contribution < -0.4 is 5.73 Å². The SMILES string of the molecule is CN(Cc1ccsc1)S(=O)(=O)c1cc(Cl)c(Br)c(N)c1F. The van der Waals surface area contributed by atoms with Crippen molar-refractivity contribution in [1.29, 1.82) is 0 Å². The van der Waals surface area contributed by atoms with Gasteiger partial charge in [-0.2, -0.15) is 15.6 Å². The van der Waals surface area contributed by atoms with E-state index in [4.69, 9.17) is 17.3 Å². The molecule has 0 bridgehead atoms. The maximum absolute atomic E-state index is 14.2. The molecule has 0 aliphatic heterocycles. The molecule has 2 rings (SSSR count). The van der Waals surface area contributed by atoms with E-state index in [0.717, 1.165) is 15.9 Å². The minimum atomic E-state index is -4.03. The lowest BCUT2D eigenvalue weighted by Crippen LogP contribution is -2.27. The molecule has 0 atom stereocenters. The topological polar surface area (TPSA) is 63.4 Å². The predicted molar refractivity (Wildman–Crippen MR) is 86.5 cm³/mol. The smallest absolute Gasteiger partial charge is 0.246 e. The largest absolute Gasteiger partial charge is 0.395 e. The molecular weight excluding hydrogens is 403 g/mol. The third-order valence-electron chi connectivity index (χ3n) is 2.83. The van der Waals surface area contributed by atoms with Gasteiger partial charge in [0.25, 0.3) is 0 Å². The van der Waals surface area contributed by atoms with Crippen LogP contribution in [0.15, 0.2) is 32.3 Å². The Hall–Kier alpha value is -0.670. The van der Waals surface area contributed by atoms with Gasteiger partial charge in [0, 0.05) is 13.6 Å². The van der Waals surface area contributed by atoms with Gasteiger partial charge in [0.2, 0.25) is 10.0 Å². The van der Waals surface area contributed by atoms with Gasteiger partial charge in [-0.1, -0.05) is 11.6 Å². The van der Waals surface area contributed by atoms with Gasteiger partial charge in [0.1, 0.15) is 4.90 Å². The summed E-state index contributed by atoms with van der Waals surface area (Å²) < 4.78 is 40.3. The zero-order chi connectivity index (χ0) is 15.8. The molecule has 21 heavy (non-hydrogen) atoms. The van der Waals surface area contributed by atoms with E-state index in [1.165, 1.54) is 18.4 Å². The summed E-state index contributed by atoms with van der Waals surface area (Å²) in [5.74, 6) is -1.01. The minimum absolute atomic E-state index is 0.0383. The molecule has 0 unspecified atom stereocenters. The highest BCUT2D eigenvalue weighted by Crippen LogP contribution is 2.35. The second-order valence-corrected chi connectivity index (χ2v) is 8.28. The van der Waals surface area contributed by atoms with Crippen molar-refractivity contribution in [2.24, 2.45) is 0 Å². The van der Waals surface area contributed by atoms with Gasteiger partial charge in [-0.15, -0.1) is 0 Å². The summed E-state index contributed by atoms with van der Waals surface area (Å²) >= 11 is 10.3. The summed E-state index contributed by atoms with van der Waals surface area (Å²) in [4.78, 5) is -0.536. The molecule has 0 amide bonds. The molecule has 1 heterocycles. The fourth-order valence-electron chi connectivity index (χ4n) is 1.68. The number of nitrogens with zero attached hydrogens (tertiary/aromatic N) is 1. The van der Waals surface area contributed by atoms with Crippen molar-refractivity contribution in [3.63, 3.8) is 0 Å². The Balaban J connectivity index is 2.44. The predicted octanol–water partition coefficient (Wildman–Crippen LogP) is 3.71. The molecule has 0 fully saturated rings. The zero-order valence-corrected chi connectivity index (χ0v) is 14.8. The number of thiophene rings is 1. The first kappa shape index (κ1) is 16.7. The van der Waals surface area contributed by atoms with Crippen LogP contribution in [0, 0.1) is 5.82 Å². The van der Waals surface area contributed by atoms with E-state index < -0.39 is 20.7 Å². The molecule has 1 aromatic heterocycles. The molecular formula is C12H11BrClFN2O2S2. The molecule has 0 saturated carbocycles.